The molecule has 0 radical (unpaired) electrons. The van der Waals surface area contributed by atoms with Crippen LogP contribution in [0.2, 0.25) is 0 Å². The molecule has 0 aliphatic carbocycles. The molecule has 24 heavy (non-hydrogen) atoms. The van der Waals surface area contributed by atoms with Crippen LogP contribution < -0.4 is 3.11 Å². The maximum Gasteiger partial charge on any atom is 0.101 e. The Morgan fingerprint density at radius 1 is 0.875 bits per heavy atom. The van der Waals surface area contributed by atoms with Crippen LogP contribution >= 0.6 is 34.2 Å². The van der Waals surface area contributed by atoms with Crippen LogP contribution in [0, 0.1) is 18.3 Å². The highest BCUT2D eigenvalue weighted by molar-refractivity contribution is 14.1. The van der Waals surface area contributed by atoms with Crippen molar-refractivity contribution in [2.75, 3.05) is 3.11 Å². The van der Waals surface area contributed by atoms with Crippen LogP contribution in [0.3, 0.4) is 0 Å². The van der Waals surface area contributed by atoms with Crippen LogP contribution in [0.25, 0.3) is 20.2 Å². The van der Waals surface area contributed by atoms with Crippen LogP contribution in [-0.2, 0) is 0 Å². The molecular weight excluding hydrogens is 427 g/mol. The molecule has 4 heteroatoms. The number of aryl methyl sites for hydroxylation is 1. The number of hydrogen-bond donors (Lipinski definition) is 0. The molecule has 2 nitrogen and oxygen atoms in total. The van der Waals surface area contributed by atoms with Crippen molar-refractivity contribution in [2.45, 2.75) is 6.92 Å². The zero-order chi connectivity index (χ0) is 16.7. The van der Waals surface area contributed by atoms with Gasteiger partial charge in [0.05, 0.1) is 44.5 Å². The van der Waals surface area contributed by atoms with Gasteiger partial charge >= 0.3 is 0 Å². The van der Waals surface area contributed by atoms with Crippen molar-refractivity contribution in [3.63, 3.8) is 0 Å². The maximum absolute atomic E-state index is 9.40. The first-order valence-corrected chi connectivity index (χ1v) is 9.34. The predicted molar refractivity (Wildman–Crippen MR) is 111 cm³/mol. The molecule has 4 rings (SSSR count). The largest absolute Gasteiger partial charge is 0.280 e. The molecule has 0 spiro atoms. The molecular formula is C20H13IN2S. The molecule has 0 saturated heterocycles. The van der Waals surface area contributed by atoms with E-state index in [1.807, 2.05) is 35.6 Å². The van der Waals surface area contributed by atoms with E-state index in [0.717, 1.165) is 11.4 Å². The van der Waals surface area contributed by atoms with Gasteiger partial charge < -0.3 is 0 Å². The third kappa shape index (κ3) is 2.36. The van der Waals surface area contributed by atoms with Gasteiger partial charge in [-0.25, -0.2) is 0 Å². The van der Waals surface area contributed by atoms with Crippen molar-refractivity contribution in [1.82, 2.24) is 0 Å². The second kappa shape index (κ2) is 6.08. The fourth-order valence-corrected chi connectivity index (χ4v) is 5.23. The van der Waals surface area contributed by atoms with Gasteiger partial charge in [0.2, 0.25) is 0 Å². The second-order valence-corrected chi connectivity index (χ2v) is 7.60. The lowest BCUT2D eigenvalue weighted by Crippen LogP contribution is -2.02. The SMILES string of the molecule is Cc1cccc2c1sc1c(N(I)c3ccccc3C#N)cccc12. The summed E-state index contributed by atoms with van der Waals surface area (Å²) in [5.74, 6) is 0. The Bertz CT molecular complexity index is 1110. The van der Waals surface area contributed by atoms with E-state index < -0.39 is 0 Å². The van der Waals surface area contributed by atoms with Crippen molar-refractivity contribution in [3.8, 4) is 6.07 Å². The van der Waals surface area contributed by atoms with Gasteiger partial charge in [0, 0.05) is 15.5 Å². The third-order valence-corrected chi connectivity index (χ3v) is 6.57. The summed E-state index contributed by atoms with van der Waals surface area (Å²) in [6.07, 6.45) is 0. The highest BCUT2D eigenvalue weighted by Crippen LogP contribution is 2.44. The Kier molecular flexibility index (Phi) is 3.91. The van der Waals surface area contributed by atoms with Gasteiger partial charge in [-0.1, -0.05) is 42.5 Å². The Morgan fingerprint density at radius 2 is 1.54 bits per heavy atom. The number of thiophene rings is 1. The summed E-state index contributed by atoms with van der Waals surface area (Å²) < 4.78 is 4.67. The average Bonchev–Trinajstić information content (AvgIpc) is 3.01. The number of anilines is 2. The van der Waals surface area contributed by atoms with Crippen molar-refractivity contribution in [2.24, 2.45) is 0 Å². The lowest BCUT2D eigenvalue weighted by Gasteiger charge is -2.18. The molecule has 116 valence electrons. The molecule has 1 heterocycles. The smallest absolute Gasteiger partial charge is 0.101 e. The third-order valence-electron chi connectivity index (χ3n) is 4.15. The van der Waals surface area contributed by atoms with Gasteiger partial charge in [0.25, 0.3) is 0 Å². The lowest BCUT2D eigenvalue weighted by atomic mass is 10.1. The van der Waals surface area contributed by atoms with Crippen LogP contribution in [0.5, 0.6) is 0 Å². The molecule has 0 atom stereocenters. The standard InChI is InChI=1S/C20H13IN2S/c1-13-6-4-8-15-16-9-5-11-18(20(16)24-19(13)15)23(21)17-10-3-2-7-14(17)12-22/h2-11H,1H3. The quantitative estimate of drug-likeness (QED) is 0.256. The summed E-state index contributed by atoms with van der Waals surface area (Å²) in [5, 5.41) is 12.0. The van der Waals surface area contributed by atoms with E-state index in [1.54, 1.807) is 0 Å². The number of nitrogens with zero attached hydrogens (tertiary/aromatic N) is 2. The van der Waals surface area contributed by atoms with E-state index in [0.29, 0.717) is 5.56 Å². The number of hydrogen-bond acceptors (Lipinski definition) is 3. The predicted octanol–water partition coefficient (Wildman–Crippen LogP) is 6.72. The monoisotopic (exact) mass is 440 g/mol. The Hall–Kier alpha value is -2.10. The summed E-state index contributed by atoms with van der Waals surface area (Å²) in [7, 11) is 0. The minimum Gasteiger partial charge on any atom is -0.280 e. The van der Waals surface area contributed by atoms with Crippen LogP contribution in [0.1, 0.15) is 11.1 Å². The average molecular weight is 440 g/mol. The van der Waals surface area contributed by atoms with E-state index in [2.05, 4.69) is 75.4 Å². The van der Waals surface area contributed by atoms with Crippen LogP contribution in [0.4, 0.5) is 11.4 Å². The normalized spacial score (nSPS) is 10.9. The topological polar surface area (TPSA) is 27.0 Å². The molecule has 0 unspecified atom stereocenters. The maximum atomic E-state index is 9.40. The van der Waals surface area contributed by atoms with Crippen molar-refractivity contribution in [1.29, 1.82) is 5.26 Å². The molecule has 0 bridgehead atoms. The zero-order valence-corrected chi connectivity index (χ0v) is 15.9. The van der Waals surface area contributed by atoms with Gasteiger partial charge in [-0.05, 0) is 30.7 Å². The van der Waals surface area contributed by atoms with Gasteiger partial charge in [0.15, 0.2) is 0 Å². The number of rotatable bonds is 2. The van der Waals surface area contributed by atoms with Gasteiger partial charge in [-0.2, -0.15) is 5.26 Å². The molecule has 1 aromatic heterocycles. The lowest BCUT2D eigenvalue weighted by molar-refractivity contribution is 1.44. The first kappa shape index (κ1) is 15.4. The summed E-state index contributed by atoms with van der Waals surface area (Å²) >= 11 is 4.11. The Labute approximate surface area is 158 Å². The van der Waals surface area contributed by atoms with Crippen LogP contribution in [-0.4, -0.2) is 0 Å². The van der Waals surface area contributed by atoms with Gasteiger partial charge in [-0.15, -0.1) is 11.3 Å². The minimum atomic E-state index is 0.682. The van der Waals surface area contributed by atoms with Crippen molar-refractivity contribution < 1.29 is 0 Å². The van der Waals surface area contributed by atoms with Crippen molar-refractivity contribution in [3.05, 3.63) is 71.8 Å². The van der Waals surface area contributed by atoms with E-state index in [-0.39, 0.29) is 0 Å². The molecule has 0 fully saturated rings. The Balaban J connectivity index is 1.99. The number of para-hydroxylation sites is 1. The summed E-state index contributed by atoms with van der Waals surface area (Å²) in [6, 6.07) is 22.8. The minimum absolute atomic E-state index is 0.682. The fraction of sp³-hybridized carbons (Fsp3) is 0.0500. The number of benzene rings is 3. The molecule has 4 aromatic rings. The van der Waals surface area contributed by atoms with E-state index in [1.165, 1.54) is 25.7 Å². The molecule has 0 aliphatic rings. The number of halogens is 1. The van der Waals surface area contributed by atoms with Gasteiger partial charge in [-0.3, -0.25) is 3.11 Å². The molecule has 3 aromatic carbocycles. The number of nitriles is 1. The highest BCUT2D eigenvalue weighted by Gasteiger charge is 2.16. The summed E-state index contributed by atoms with van der Waals surface area (Å²) in [6.45, 7) is 2.16. The van der Waals surface area contributed by atoms with E-state index >= 15 is 0 Å². The first-order chi connectivity index (χ1) is 11.7. The fourth-order valence-electron chi connectivity index (χ4n) is 2.97. The molecule has 0 amide bonds. The summed E-state index contributed by atoms with van der Waals surface area (Å²) in [5.41, 5.74) is 4.02. The molecule has 0 N–H and O–H groups in total. The van der Waals surface area contributed by atoms with Crippen LogP contribution in [0.15, 0.2) is 60.7 Å². The Morgan fingerprint density at radius 3 is 2.33 bits per heavy atom. The van der Waals surface area contributed by atoms with E-state index in [9.17, 15) is 5.26 Å². The van der Waals surface area contributed by atoms with E-state index in [4.69, 9.17) is 0 Å². The van der Waals surface area contributed by atoms with Gasteiger partial charge in [0.1, 0.15) is 6.07 Å². The number of fused-ring (bicyclic) bond motifs is 3. The zero-order valence-electron chi connectivity index (χ0n) is 13.0. The summed E-state index contributed by atoms with van der Waals surface area (Å²) in [4.78, 5) is 0. The second-order valence-electron chi connectivity index (χ2n) is 5.62. The highest BCUT2D eigenvalue weighted by atomic mass is 127. The first-order valence-electron chi connectivity index (χ1n) is 7.56. The molecule has 0 aliphatic heterocycles. The molecule has 0 saturated carbocycles. The van der Waals surface area contributed by atoms with Crippen molar-refractivity contribution >= 4 is 65.7 Å².